The molecule has 5 heteroatoms. The van der Waals surface area contributed by atoms with Crippen molar-refractivity contribution in [3.63, 3.8) is 0 Å². The number of carbonyl (C=O) groups excluding carboxylic acids is 1. The van der Waals surface area contributed by atoms with Crippen molar-refractivity contribution in [1.29, 1.82) is 0 Å². The molecule has 1 atom stereocenters. The molecule has 3 N–H and O–H groups in total. The molecule has 0 aromatic heterocycles. The molecule has 0 bridgehead atoms. The average Bonchev–Trinajstić information content (AvgIpc) is 2.64. The molecular formula is C13H15N3O2. The van der Waals surface area contributed by atoms with Gasteiger partial charge in [-0.15, -0.1) is 0 Å². The van der Waals surface area contributed by atoms with E-state index in [2.05, 4.69) is 10.3 Å². The van der Waals surface area contributed by atoms with Gasteiger partial charge in [-0.1, -0.05) is 6.07 Å². The maximum absolute atomic E-state index is 12.1. The number of amides is 1. The van der Waals surface area contributed by atoms with Gasteiger partial charge in [0, 0.05) is 0 Å². The first-order valence-corrected chi connectivity index (χ1v) is 6.00. The monoisotopic (exact) mass is 245 g/mol. The van der Waals surface area contributed by atoms with Crippen LogP contribution in [0, 0.1) is 0 Å². The number of fused-ring (bicyclic) bond motifs is 2. The molecular weight excluding hydrogens is 230 g/mol. The first-order chi connectivity index (χ1) is 8.65. The fraction of sp³-hybridized carbons (Fsp3) is 0.385. The number of hydrogen-bond acceptors (Lipinski definition) is 4. The van der Waals surface area contributed by atoms with Crippen molar-refractivity contribution in [3.05, 3.63) is 29.3 Å². The van der Waals surface area contributed by atoms with Crippen LogP contribution in [0.4, 0.5) is 0 Å². The summed E-state index contributed by atoms with van der Waals surface area (Å²) in [4.78, 5) is 16.5. The lowest BCUT2D eigenvalue weighted by molar-refractivity contribution is -0.124. The minimum Gasteiger partial charge on any atom is -0.497 e. The van der Waals surface area contributed by atoms with Gasteiger partial charge >= 0.3 is 0 Å². The first kappa shape index (κ1) is 11.1. The van der Waals surface area contributed by atoms with E-state index in [1.54, 1.807) is 7.11 Å². The Labute approximate surface area is 105 Å². The molecule has 18 heavy (non-hydrogen) atoms. The van der Waals surface area contributed by atoms with Crippen molar-refractivity contribution >= 4 is 11.9 Å². The fourth-order valence-electron chi connectivity index (χ4n) is 2.83. The SMILES string of the molecule is COc1ccc2c(c1)CCCC21N=C(N)NC1=O. The smallest absolute Gasteiger partial charge is 0.259 e. The summed E-state index contributed by atoms with van der Waals surface area (Å²) in [5.41, 5.74) is 6.89. The summed E-state index contributed by atoms with van der Waals surface area (Å²) in [7, 11) is 1.64. The van der Waals surface area contributed by atoms with Crippen molar-refractivity contribution in [1.82, 2.24) is 5.32 Å². The van der Waals surface area contributed by atoms with Crippen LogP contribution in [0.15, 0.2) is 23.2 Å². The molecule has 0 radical (unpaired) electrons. The summed E-state index contributed by atoms with van der Waals surface area (Å²) in [6.45, 7) is 0. The van der Waals surface area contributed by atoms with Gasteiger partial charge in [0.05, 0.1) is 7.11 Å². The zero-order chi connectivity index (χ0) is 12.8. The van der Waals surface area contributed by atoms with E-state index in [0.717, 1.165) is 29.7 Å². The Morgan fingerprint density at radius 1 is 1.50 bits per heavy atom. The van der Waals surface area contributed by atoms with Crippen molar-refractivity contribution in [2.75, 3.05) is 7.11 Å². The third-order valence-electron chi connectivity index (χ3n) is 3.67. The Morgan fingerprint density at radius 3 is 3.00 bits per heavy atom. The van der Waals surface area contributed by atoms with Crippen molar-refractivity contribution in [2.45, 2.75) is 24.8 Å². The summed E-state index contributed by atoms with van der Waals surface area (Å²) in [6, 6.07) is 5.77. The summed E-state index contributed by atoms with van der Waals surface area (Å²) < 4.78 is 5.22. The highest BCUT2D eigenvalue weighted by atomic mass is 16.5. The second-order valence-corrected chi connectivity index (χ2v) is 4.69. The molecule has 94 valence electrons. The molecule has 1 amide bonds. The topological polar surface area (TPSA) is 76.7 Å². The van der Waals surface area contributed by atoms with Gasteiger partial charge in [0.1, 0.15) is 5.75 Å². The number of nitrogens with two attached hydrogens (primary N) is 1. The normalized spacial score (nSPS) is 25.6. The van der Waals surface area contributed by atoms with Gasteiger partial charge in [0.25, 0.3) is 5.91 Å². The van der Waals surface area contributed by atoms with Crippen LogP contribution >= 0.6 is 0 Å². The maximum atomic E-state index is 12.1. The summed E-state index contributed by atoms with van der Waals surface area (Å²) in [5.74, 6) is 0.899. The lowest BCUT2D eigenvalue weighted by Gasteiger charge is -2.30. The van der Waals surface area contributed by atoms with Crippen LogP contribution in [0.3, 0.4) is 0 Å². The molecule has 1 aromatic rings. The van der Waals surface area contributed by atoms with Crippen LogP contribution < -0.4 is 15.8 Å². The third kappa shape index (κ3) is 1.40. The zero-order valence-electron chi connectivity index (χ0n) is 10.2. The molecule has 2 aliphatic rings. The number of ether oxygens (including phenoxy) is 1. The predicted octanol–water partition coefficient (Wildman–Crippen LogP) is 0.671. The Hall–Kier alpha value is -2.04. The van der Waals surface area contributed by atoms with Crippen LogP contribution in [0.1, 0.15) is 24.0 Å². The number of nitrogens with one attached hydrogen (secondary N) is 1. The Balaban J connectivity index is 2.15. The van der Waals surface area contributed by atoms with E-state index in [0.29, 0.717) is 6.42 Å². The third-order valence-corrected chi connectivity index (χ3v) is 3.67. The van der Waals surface area contributed by atoms with E-state index in [9.17, 15) is 4.79 Å². The molecule has 1 aliphatic carbocycles. The molecule has 1 heterocycles. The maximum Gasteiger partial charge on any atom is 0.259 e. The number of rotatable bonds is 1. The number of guanidine groups is 1. The van der Waals surface area contributed by atoms with Gasteiger partial charge in [0.15, 0.2) is 11.5 Å². The highest BCUT2D eigenvalue weighted by Crippen LogP contribution is 2.41. The van der Waals surface area contributed by atoms with E-state index in [4.69, 9.17) is 10.5 Å². The van der Waals surface area contributed by atoms with Gasteiger partial charge in [-0.3, -0.25) is 10.1 Å². The van der Waals surface area contributed by atoms with Crippen molar-refractivity contribution < 1.29 is 9.53 Å². The standard InChI is InChI=1S/C13H15N3O2/c1-18-9-4-5-10-8(7-9)3-2-6-13(10)11(17)15-12(14)16-13/h4-5,7H,2-3,6H2,1H3,(H3,14,15,16,17). The van der Waals surface area contributed by atoms with Crippen molar-refractivity contribution in [3.8, 4) is 5.75 Å². The quantitative estimate of drug-likeness (QED) is 0.763. The Bertz CT molecular complexity index is 553. The van der Waals surface area contributed by atoms with Gasteiger partial charge in [-0.25, -0.2) is 4.99 Å². The van der Waals surface area contributed by atoms with Crippen LogP contribution in [-0.4, -0.2) is 19.0 Å². The van der Waals surface area contributed by atoms with E-state index in [-0.39, 0.29) is 11.9 Å². The van der Waals surface area contributed by atoms with Crippen molar-refractivity contribution in [2.24, 2.45) is 10.7 Å². The molecule has 1 aromatic carbocycles. The second-order valence-electron chi connectivity index (χ2n) is 4.69. The van der Waals surface area contributed by atoms with E-state index < -0.39 is 5.54 Å². The summed E-state index contributed by atoms with van der Waals surface area (Å²) in [6.07, 6.45) is 2.57. The molecule has 1 aliphatic heterocycles. The molecule has 0 saturated heterocycles. The molecule has 1 spiro atoms. The molecule has 0 fully saturated rings. The fourth-order valence-corrected chi connectivity index (χ4v) is 2.83. The summed E-state index contributed by atoms with van der Waals surface area (Å²) >= 11 is 0. The number of aliphatic imine (C=N–C) groups is 1. The zero-order valence-corrected chi connectivity index (χ0v) is 10.2. The summed E-state index contributed by atoms with van der Waals surface area (Å²) in [5, 5.41) is 2.60. The van der Waals surface area contributed by atoms with Gasteiger partial charge < -0.3 is 10.5 Å². The Kier molecular flexibility index (Phi) is 2.29. The van der Waals surface area contributed by atoms with Gasteiger partial charge in [-0.05, 0) is 42.5 Å². The van der Waals surface area contributed by atoms with E-state index in [1.165, 1.54) is 0 Å². The largest absolute Gasteiger partial charge is 0.497 e. The average molecular weight is 245 g/mol. The Morgan fingerprint density at radius 2 is 2.33 bits per heavy atom. The number of hydrogen-bond donors (Lipinski definition) is 2. The molecule has 5 nitrogen and oxygen atoms in total. The predicted molar refractivity (Wildman–Crippen MR) is 67.4 cm³/mol. The first-order valence-electron chi connectivity index (χ1n) is 6.00. The van der Waals surface area contributed by atoms with Gasteiger partial charge in [0.2, 0.25) is 0 Å². The lowest BCUT2D eigenvalue weighted by Crippen LogP contribution is -2.40. The van der Waals surface area contributed by atoms with Crippen LogP contribution in [-0.2, 0) is 16.8 Å². The minimum absolute atomic E-state index is 0.119. The van der Waals surface area contributed by atoms with Gasteiger partial charge in [-0.2, -0.15) is 0 Å². The van der Waals surface area contributed by atoms with Crippen LogP contribution in [0.5, 0.6) is 5.75 Å². The lowest BCUT2D eigenvalue weighted by atomic mass is 9.76. The van der Waals surface area contributed by atoms with Crippen LogP contribution in [0.25, 0.3) is 0 Å². The van der Waals surface area contributed by atoms with Crippen LogP contribution in [0.2, 0.25) is 0 Å². The highest BCUT2D eigenvalue weighted by molar-refractivity contribution is 6.07. The number of carbonyl (C=O) groups is 1. The second kappa shape index (κ2) is 3.73. The highest BCUT2D eigenvalue weighted by Gasteiger charge is 2.47. The van der Waals surface area contributed by atoms with E-state index >= 15 is 0 Å². The van der Waals surface area contributed by atoms with E-state index in [1.807, 2.05) is 18.2 Å². The number of nitrogens with zero attached hydrogens (tertiary/aromatic N) is 1. The molecule has 3 rings (SSSR count). The molecule has 1 unspecified atom stereocenters. The number of methoxy groups -OCH3 is 1. The number of benzene rings is 1. The number of aryl methyl sites for hydroxylation is 1. The minimum atomic E-state index is -0.816. The molecule has 0 saturated carbocycles.